The second kappa shape index (κ2) is 8.94. The average molecular weight is 493 g/mol. The number of halogens is 1. The highest BCUT2D eigenvalue weighted by Crippen LogP contribution is 2.46. The molecule has 8 nitrogen and oxygen atoms in total. The molecule has 6 rings (SSSR count). The normalized spacial score (nSPS) is 17.4. The average Bonchev–Trinajstić information content (AvgIpc) is 3.50. The van der Waals surface area contributed by atoms with Crippen molar-refractivity contribution < 1.29 is 14.0 Å². The first-order chi connectivity index (χ1) is 18.0. The van der Waals surface area contributed by atoms with Gasteiger partial charge in [-0.2, -0.15) is 5.10 Å². The zero-order chi connectivity index (χ0) is 25.5. The van der Waals surface area contributed by atoms with Gasteiger partial charge in [0.05, 0.1) is 29.1 Å². The fraction of sp³-hybridized carbons (Fsp3) is 0.107. The topological polar surface area (TPSA) is 107 Å². The number of carbonyl (C=O) groups is 2. The third kappa shape index (κ3) is 4.00. The molecule has 9 heteroatoms. The van der Waals surface area contributed by atoms with Crippen LogP contribution < -0.4 is 10.6 Å². The molecule has 0 radical (unpaired) electrons. The monoisotopic (exact) mass is 492 g/mol. The first-order valence-corrected chi connectivity index (χ1v) is 11.7. The van der Waals surface area contributed by atoms with Crippen LogP contribution in [0, 0.1) is 5.82 Å². The summed E-state index contributed by atoms with van der Waals surface area (Å²) in [5.74, 6) is -1.49. The second-order valence-corrected chi connectivity index (χ2v) is 8.88. The number of benzene rings is 3. The van der Waals surface area contributed by atoms with Gasteiger partial charge >= 0.3 is 0 Å². The van der Waals surface area contributed by atoms with Gasteiger partial charge in [0, 0.05) is 29.6 Å². The number of rotatable bonds is 5. The minimum Gasteiger partial charge on any atom is -0.363 e. The van der Waals surface area contributed by atoms with Crippen molar-refractivity contribution in [2.45, 2.75) is 18.4 Å². The van der Waals surface area contributed by atoms with Crippen molar-refractivity contribution in [2.75, 3.05) is 4.90 Å². The lowest BCUT2D eigenvalue weighted by atomic mass is 9.90. The van der Waals surface area contributed by atoms with Crippen molar-refractivity contribution in [1.29, 1.82) is 0 Å². The summed E-state index contributed by atoms with van der Waals surface area (Å²) in [6.45, 7) is 0. The Labute approximate surface area is 211 Å². The van der Waals surface area contributed by atoms with E-state index in [4.69, 9.17) is 5.73 Å². The summed E-state index contributed by atoms with van der Waals surface area (Å²) in [7, 11) is 0. The molecule has 37 heavy (non-hydrogen) atoms. The number of amides is 2. The van der Waals surface area contributed by atoms with Gasteiger partial charge in [0.25, 0.3) is 5.91 Å². The third-order valence-electron chi connectivity index (χ3n) is 6.64. The van der Waals surface area contributed by atoms with Gasteiger partial charge < -0.3 is 10.6 Å². The highest BCUT2D eigenvalue weighted by Gasteiger charge is 2.43. The fourth-order valence-electron chi connectivity index (χ4n) is 4.99. The smallest absolute Gasteiger partial charge is 0.286 e. The van der Waals surface area contributed by atoms with Crippen LogP contribution >= 0.6 is 0 Å². The fourth-order valence-corrected chi connectivity index (χ4v) is 4.99. The number of fused-ring (bicyclic) bond motifs is 1. The lowest BCUT2D eigenvalue weighted by Crippen LogP contribution is -2.28. The van der Waals surface area contributed by atoms with Crippen LogP contribution in [0.1, 0.15) is 40.3 Å². The zero-order valence-electron chi connectivity index (χ0n) is 19.5. The van der Waals surface area contributed by atoms with Crippen LogP contribution in [-0.2, 0) is 4.79 Å². The number of anilines is 1. The molecule has 2 N–H and O–H groups in total. The van der Waals surface area contributed by atoms with Crippen LogP contribution in [-0.4, -0.2) is 31.6 Å². The van der Waals surface area contributed by atoms with Gasteiger partial charge in [0.1, 0.15) is 5.82 Å². The van der Waals surface area contributed by atoms with E-state index in [9.17, 15) is 14.0 Å². The number of nitrogens with zero attached hydrogens (tertiary/aromatic N) is 5. The Morgan fingerprint density at radius 2 is 1.73 bits per heavy atom. The lowest BCUT2D eigenvalue weighted by molar-refractivity contribution is -0.117. The van der Waals surface area contributed by atoms with Gasteiger partial charge in [0.2, 0.25) is 11.7 Å². The molecule has 1 aliphatic heterocycles. The summed E-state index contributed by atoms with van der Waals surface area (Å²) >= 11 is 0. The standard InChI is InChI=1S/C28H21FN6O2/c29-19-6-8-20(9-7-19)35-24-11-10-21(14-18(24)16-32-35)34-25(36)15-22(26(34)17-4-2-1-3-5-17)23-12-13-31-28(33-23)27(30)37/h1-14,16,22,26H,15H2,(H2,30,37)/t22-,26+/m1/s1. The van der Waals surface area contributed by atoms with Crippen molar-refractivity contribution in [1.82, 2.24) is 19.7 Å². The molecule has 2 atom stereocenters. The SMILES string of the molecule is NC(=O)c1nccc([C@H]2CC(=O)N(c3ccc4c(cnn4-c4ccc(F)cc4)c3)[C@H]2c2ccccc2)n1. The summed E-state index contributed by atoms with van der Waals surface area (Å²) in [6, 6.07) is 22.9. The molecule has 1 aliphatic rings. The predicted molar refractivity (Wildman–Crippen MR) is 136 cm³/mol. The summed E-state index contributed by atoms with van der Waals surface area (Å²) in [6.07, 6.45) is 3.43. The Balaban J connectivity index is 1.43. The minimum atomic E-state index is -0.720. The molecular formula is C28H21FN6O2. The number of aromatic nitrogens is 4. The number of primary amides is 1. The van der Waals surface area contributed by atoms with Gasteiger partial charge in [-0.1, -0.05) is 30.3 Å². The van der Waals surface area contributed by atoms with Crippen molar-refractivity contribution in [2.24, 2.45) is 5.73 Å². The molecule has 2 aromatic heterocycles. The summed E-state index contributed by atoms with van der Waals surface area (Å²) < 4.78 is 15.1. The molecule has 1 saturated heterocycles. The zero-order valence-corrected chi connectivity index (χ0v) is 19.5. The molecule has 0 spiro atoms. The molecule has 0 aliphatic carbocycles. The van der Waals surface area contributed by atoms with Crippen LogP contribution in [0.3, 0.4) is 0 Å². The number of carbonyl (C=O) groups excluding carboxylic acids is 2. The highest BCUT2D eigenvalue weighted by molar-refractivity contribution is 5.99. The maximum atomic E-state index is 13.5. The van der Waals surface area contributed by atoms with Gasteiger partial charge in [-0.15, -0.1) is 0 Å². The van der Waals surface area contributed by atoms with Gasteiger partial charge in [-0.25, -0.2) is 19.0 Å². The molecule has 2 amide bonds. The number of hydrogen-bond acceptors (Lipinski definition) is 5. The van der Waals surface area contributed by atoms with E-state index >= 15 is 0 Å². The molecule has 0 bridgehead atoms. The van der Waals surface area contributed by atoms with E-state index in [0.717, 1.165) is 27.8 Å². The molecule has 3 heterocycles. The van der Waals surface area contributed by atoms with Crippen molar-refractivity contribution in [3.8, 4) is 5.69 Å². The van der Waals surface area contributed by atoms with E-state index < -0.39 is 5.91 Å². The van der Waals surface area contributed by atoms with E-state index in [1.165, 1.54) is 18.3 Å². The summed E-state index contributed by atoms with van der Waals surface area (Å²) in [5.41, 5.74) is 9.22. The number of hydrogen-bond donors (Lipinski definition) is 1. The molecule has 1 fully saturated rings. The van der Waals surface area contributed by atoms with Gasteiger partial charge in [-0.3, -0.25) is 9.59 Å². The van der Waals surface area contributed by atoms with Crippen LogP contribution in [0.2, 0.25) is 0 Å². The van der Waals surface area contributed by atoms with E-state index in [2.05, 4.69) is 15.1 Å². The van der Waals surface area contributed by atoms with Crippen LogP contribution in [0.25, 0.3) is 16.6 Å². The van der Waals surface area contributed by atoms with E-state index in [1.807, 2.05) is 48.5 Å². The Hall–Kier alpha value is -4.92. The van der Waals surface area contributed by atoms with Crippen LogP contribution in [0.4, 0.5) is 10.1 Å². The van der Waals surface area contributed by atoms with E-state index in [1.54, 1.807) is 34.0 Å². The maximum Gasteiger partial charge on any atom is 0.286 e. The minimum absolute atomic E-state index is 0.0663. The first kappa shape index (κ1) is 22.5. The quantitative estimate of drug-likeness (QED) is 0.393. The van der Waals surface area contributed by atoms with Crippen molar-refractivity contribution in [3.05, 3.63) is 114 Å². The maximum absolute atomic E-state index is 13.5. The molecule has 5 aromatic rings. The molecule has 3 aromatic carbocycles. The second-order valence-electron chi connectivity index (χ2n) is 8.88. The largest absolute Gasteiger partial charge is 0.363 e. The van der Waals surface area contributed by atoms with Crippen molar-refractivity contribution >= 4 is 28.4 Å². The Bertz CT molecular complexity index is 1630. The van der Waals surface area contributed by atoms with E-state index in [0.29, 0.717) is 5.69 Å². The Morgan fingerprint density at radius 1 is 0.973 bits per heavy atom. The van der Waals surface area contributed by atoms with E-state index in [-0.39, 0.29) is 35.9 Å². The number of nitrogens with two attached hydrogens (primary N) is 1. The molecule has 182 valence electrons. The summed E-state index contributed by atoms with van der Waals surface area (Å²) in [5, 5.41) is 5.31. The third-order valence-corrected chi connectivity index (χ3v) is 6.64. The summed E-state index contributed by atoms with van der Waals surface area (Å²) in [4.78, 5) is 35.3. The van der Waals surface area contributed by atoms with Crippen LogP contribution in [0.15, 0.2) is 91.3 Å². The molecule has 0 unspecified atom stereocenters. The van der Waals surface area contributed by atoms with Crippen LogP contribution in [0.5, 0.6) is 0 Å². The predicted octanol–water partition coefficient (Wildman–Crippen LogP) is 4.32. The van der Waals surface area contributed by atoms with Gasteiger partial charge in [-0.05, 0) is 54.1 Å². The molecular weight excluding hydrogens is 471 g/mol. The molecule has 0 saturated carbocycles. The Kier molecular flexibility index (Phi) is 5.45. The van der Waals surface area contributed by atoms with Crippen molar-refractivity contribution in [3.63, 3.8) is 0 Å². The van der Waals surface area contributed by atoms with Gasteiger partial charge in [0.15, 0.2) is 0 Å². The highest BCUT2D eigenvalue weighted by atomic mass is 19.1. The Morgan fingerprint density at radius 3 is 2.49 bits per heavy atom. The lowest BCUT2D eigenvalue weighted by Gasteiger charge is -2.29. The first-order valence-electron chi connectivity index (χ1n) is 11.7.